The number of nitrogens with one attached hydrogen (secondary N) is 2. The van der Waals surface area contributed by atoms with Gasteiger partial charge in [-0.05, 0) is 44.9 Å². The molecule has 0 saturated heterocycles. The van der Waals surface area contributed by atoms with Crippen LogP contribution < -0.4 is 11.1 Å². The zero-order valence-corrected chi connectivity index (χ0v) is 14.4. The van der Waals surface area contributed by atoms with Crippen LogP contribution >= 0.6 is 24.0 Å². The van der Waals surface area contributed by atoms with E-state index < -0.39 is 0 Å². The Morgan fingerprint density at radius 1 is 1.45 bits per heavy atom. The van der Waals surface area contributed by atoms with Crippen molar-refractivity contribution in [2.75, 3.05) is 6.54 Å². The van der Waals surface area contributed by atoms with E-state index in [-0.39, 0.29) is 29.5 Å². The smallest absolute Gasteiger partial charge is 0.188 e. The first kappa shape index (κ1) is 16.7. The maximum atomic E-state index is 5.83. The van der Waals surface area contributed by atoms with Crippen molar-refractivity contribution in [3.05, 3.63) is 30.1 Å². The van der Waals surface area contributed by atoms with Gasteiger partial charge in [0.15, 0.2) is 5.96 Å². The van der Waals surface area contributed by atoms with E-state index in [0.29, 0.717) is 12.5 Å². The molecule has 0 bridgehead atoms. The standard InChI is InChI=1S/C14H21N5.HI/c1-14(2,3)19-13(15)17-8-6-10-9-18-12-11(10)5-4-7-16-12;/h4-5,7,9H,6,8H2,1-3H3,(H,16,18)(H3,15,17,19);1H. The topological polar surface area (TPSA) is 79.1 Å². The zero-order chi connectivity index (χ0) is 13.9. The Hall–Kier alpha value is -1.31. The average molecular weight is 387 g/mol. The highest BCUT2D eigenvalue weighted by molar-refractivity contribution is 14.0. The van der Waals surface area contributed by atoms with E-state index in [1.54, 1.807) is 6.20 Å². The minimum atomic E-state index is -0.0573. The molecule has 0 aliphatic carbocycles. The van der Waals surface area contributed by atoms with Crippen molar-refractivity contribution in [2.45, 2.75) is 32.7 Å². The van der Waals surface area contributed by atoms with Crippen LogP contribution in [0.1, 0.15) is 26.3 Å². The highest BCUT2D eigenvalue weighted by Gasteiger charge is 2.09. The Labute approximate surface area is 136 Å². The van der Waals surface area contributed by atoms with Gasteiger partial charge in [0.05, 0.1) is 0 Å². The number of rotatable bonds is 3. The summed E-state index contributed by atoms with van der Waals surface area (Å²) < 4.78 is 0. The lowest BCUT2D eigenvalue weighted by Crippen LogP contribution is -2.45. The highest BCUT2D eigenvalue weighted by atomic mass is 127. The molecule has 0 fully saturated rings. The number of aliphatic imine (C=N–C) groups is 1. The molecule has 0 amide bonds. The number of nitrogens with zero attached hydrogens (tertiary/aromatic N) is 2. The molecule has 0 radical (unpaired) electrons. The van der Waals surface area contributed by atoms with Gasteiger partial charge in [-0.1, -0.05) is 0 Å². The van der Waals surface area contributed by atoms with Gasteiger partial charge in [0.2, 0.25) is 0 Å². The minimum Gasteiger partial charge on any atom is -0.370 e. The molecule has 110 valence electrons. The van der Waals surface area contributed by atoms with Crippen LogP contribution in [-0.2, 0) is 6.42 Å². The molecule has 2 aromatic heterocycles. The number of aromatic amines is 1. The summed E-state index contributed by atoms with van der Waals surface area (Å²) in [5, 5.41) is 4.30. The highest BCUT2D eigenvalue weighted by Crippen LogP contribution is 2.15. The van der Waals surface area contributed by atoms with Gasteiger partial charge >= 0.3 is 0 Å². The summed E-state index contributed by atoms with van der Waals surface area (Å²) in [5.41, 5.74) is 7.91. The fourth-order valence-corrected chi connectivity index (χ4v) is 1.94. The lowest BCUT2D eigenvalue weighted by Gasteiger charge is -2.20. The molecule has 0 atom stereocenters. The first-order valence-electron chi connectivity index (χ1n) is 6.45. The minimum absolute atomic E-state index is 0. The molecule has 0 aliphatic rings. The largest absolute Gasteiger partial charge is 0.370 e. The molecule has 20 heavy (non-hydrogen) atoms. The van der Waals surface area contributed by atoms with Gasteiger partial charge in [-0.15, -0.1) is 24.0 Å². The van der Waals surface area contributed by atoms with Gasteiger partial charge in [-0.25, -0.2) is 4.98 Å². The summed E-state index contributed by atoms with van der Waals surface area (Å²) in [6.45, 7) is 6.83. The fourth-order valence-electron chi connectivity index (χ4n) is 1.94. The van der Waals surface area contributed by atoms with Crippen LogP contribution in [0.15, 0.2) is 29.5 Å². The third kappa shape index (κ3) is 4.66. The summed E-state index contributed by atoms with van der Waals surface area (Å²) in [5.74, 6) is 0.491. The molecule has 4 N–H and O–H groups in total. The predicted molar refractivity (Wildman–Crippen MR) is 94.6 cm³/mol. The van der Waals surface area contributed by atoms with Crippen molar-refractivity contribution in [3.63, 3.8) is 0 Å². The maximum absolute atomic E-state index is 5.83. The molecule has 0 saturated carbocycles. The van der Waals surface area contributed by atoms with E-state index in [2.05, 4.69) is 47.1 Å². The van der Waals surface area contributed by atoms with Crippen molar-refractivity contribution in [2.24, 2.45) is 10.7 Å². The summed E-state index contributed by atoms with van der Waals surface area (Å²) in [6, 6.07) is 4.01. The molecular weight excluding hydrogens is 365 g/mol. The summed E-state index contributed by atoms with van der Waals surface area (Å²) in [7, 11) is 0. The van der Waals surface area contributed by atoms with Gasteiger partial charge in [0, 0.05) is 29.9 Å². The second kappa shape index (κ2) is 6.92. The van der Waals surface area contributed by atoms with Crippen LogP contribution in [0.25, 0.3) is 11.0 Å². The molecule has 0 unspecified atom stereocenters. The fraction of sp³-hybridized carbons (Fsp3) is 0.429. The average Bonchev–Trinajstić information content (AvgIpc) is 2.70. The van der Waals surface area contributed by atoms with Crippen LogP contribution in [0.2, 0.25) is 0 Å². The number of H-pyrrole nitrogens is 1. The van der Waals surface area contributed by atoms with Crippen molar-refractivity contribution in [3.8, 4) is 0 Å². The molecule has 2 aromatic rings. The first-order valence-corrected chi connectivity index (χ1v) is 6.45. The van der Waals surface area contributed by atoms with Crippen LogP contribution in [-0.4, -0.2) is 28.0 Å². The number of fused-ring (bicyclic) bond motifs is 1. The number of guanidine groups is 1. The Kier molecular flexibility index (Phi) is 5.79. The van der Waals surface area contributed by atoms with Crippen molar-refractivity contribution < 1.29 is 0 Å². The van der Waals surface area contributed by atoms with E-state index in [1.807, 2.05) is 12.3 Å². The SMILES string of the molecule is CC(C)(C)NC(N)=NCCc1c[nH]c2ncccc12.I. The molecule has 2 heterocycles. The second-order valence-corrected chi connectivity index (χ2v) is 5.61. The van der Waals surface area contributed by atoms with Gasteiger partial charge < -0.3 is 16.0 Å². The zero-order valence-electron chi connectivity index (χ0n) is 12.1. The molecule has 5 nitrogen and oxygen atoms in total. The Morgan fingerprint density at radius 3 is 2.90 bits per heavy atom. The third-order valence-electron chi connectivity index (χ3n) is 2.70. The van der Waals surface area contributed by atoms with E-state index in [1.165, 1.54) is 5.56 Å². The Balaban J connectivity index is 0.00000200. The molecular formula is C14H22IN5. The van der Waals surface area contributed by atoms with E-state index in [0.717, 1.165) is 17.5 Å². The van der Waals surface area contributed by atoms with Crippen LogP contribution in [0, 0.1) is 0 Å². The molecule has 2 rings (SSSR count). The van der Waals surface area contributed by atoms with Crippen molar-refractivity contribution in [1.29, 1.82) is 0 Å². The maximum Gasteiger partial charge on any atom is 0.188 e. The van der Waals surface area contributed by atoms with Gasteiger partial charge in [-0.3, -0.25) is 4.99 Å². The van der Waals surface area contributed by atoms with Crippen LogP contribution in [0.5, 0.6) is 0 Å². The lowest BCUT2D eigenvalue weighted by atomic mass is 10.1. The first-order chi connectivity index (χ1) is 8.96. The lowest BCUT2D eigenvalue weighted by molar-refractivity contribution is 0.508. The van der Waals surface area contributed by atoms with Gasteiger partial charge in [-0.2, -0.15) is 0 Å². The quantitative estimate of drug-likeness (QED) is 0.430. The Morgan fingerprint density at radius 2 is 2.20 bits per heavy atom. The second-order valence-electron chi connectivity index (χ2n) is 5.61. The van der Waals surface area contributed by atoms with E-state index in [9.17, 15) is 0 Å². The van der Waals surface area contributed by atoms with Gasteiger partial charge in [0.1, 0.15) is 5.65 Å². The molecule has 0 aliphatic heterocycles. The number of pyridine rings is 1. The van der Waals surface area contributed by atoms with Gasteiger partial charge in [0.25, 0.3) is 0 Å². The summed E-state index contributed by atoms with van der Waals surface area (Å²) in [6.07, 6.45) is 4.62. The van der Waals surface area contributed by atoms with E-state index in [4.69, 9.17) is 5.73 Å². The number of hydrogen-bond donors (Lipinski definition) is 3. The Bertz CT molecular complexity index is 583. The number of hydrogen-bond acceptors (Lipinski definition) is 2. The van der Waals surface area contributed by atoms with Crippen molar-refractivity contribution >= 4 is 41.0 Å². The molecule has 6 heteroatoms. The molecule has 0 spiro atoms. The predicted octanol–water partition coefficient (Wildman–Crippen LogP) is 2.43. The monoisotopic (exact) mass is 387 g/mol. The number of halogens is 1. The number of aromatic nitrogens is 2. The van der Waals surface area contributed by atoms with Crippen molar-refractivity contribution in [1.82, 2.24) is 15.3 Å². The van der Waals surface area contributed by atoms with Crippen LogP contribution in [0.3, 0.4) is 0 Å². The summed E-state index contributed by atoms with van der Waals surface area (Å²) >= 11 is 0. The number of nitrogens with two attached hydrogens (primary N) is 1. The molecule has 0 aromatic carbocycles. The third-order valence-corrected chi connectivity index (χ3v) is 2.70. The van der Waals surface area contributed by atoms with Crippen LogP contribution in [0.4, 0.5) is 0 Å². The van der Waals surface area contributed by atoms with E-state index >= 15 is 0 Å². The normalized spacial score (nSPS) is 12.2. The summed E-state index contributed by atoms with van der Waals surface area (Å²) in [4.78, 5) is 11.8.